The monoisotopic (exact) mass is 315 g/mol. The predicted molar refractivity (Wildman–Crippen MR) is 74.1 cm³/mol. The Bertz CT molecular complexity index is 393. The molecule has 0 saturated carbocycles. The van der Waals surface area contributed by atoms with E-state index in [0.29, 0.717) is 11.5 Å². The third-order valence-electron chi connectivity index (χ3n) is 3.39. The zero-order chi connectivity index (χ0) is 13.0. The summed E-state index contributed by atoms with van der Waals surface area (Å²) in [6, 6.07) is 5.08. The van der Waals surface area contributed by atoms with Crippen molar-refractivity contribution in [2.75, 3.05) is 19.8 Å². The molecule has 1 saturated heterocycles. The van der Waals surface area contributed by atoms with Gasteiger partial charge in [0.25, 0.3) is 0 Å². The molecule has 2 unspecified atom stereocenters. The molecule has 2 rings (SSSR count). The van der Waals surface area contributed by atoms with Crippen LogP contribution in [0.3, 0.4) is 0 Å². The normalized spacial score (nSPS) is 21.8. The summed E-state index contributed by atoms with van der Waals surface area (Å²) in [7, 11) is 0. The Morgan fingerprint density at radius 3 is 3.11 bits per heavy atom. The Morgan fingerprint density at radius 1 is 1.56 bits per heavy atom. The quantitative estimate of drug-likeness (QED) is 0.915. The topological polar surface area (TPSA) is 21.3 Å². The highest BCUT2D eigenvalue weighted by Crippen LogP contribution is 2.22. The molecule has 2 nitrogen and oxygen atoms in total. The maximum absolute atomic E-state index is 13.7. The van der Waals surface area contributed by atoms with Gasteiger partial charge >= 0.3 is 0 Å². The molecule has 1 N–H and O–H groups in total. The second kappa shape index (κ2) is 6.64. The lowest BCUT2D eigenvalue weighted by molar-refractivity contribution is 0.0539. The molecule has 1 aromatic rings. The van der Waals surface area contributed by atoms with E-state index in [0.717, 1.165) is 30.7 Å². The van der Waals surface area contributed by atoms with Crippen LogP contribution in [0.4, 0.5) is 4.39 Å². The minimum absolute atomic E-state index is 0.0180. The first-order valence-electron chi connectivity index (χ1n) is 6.43. The summed E-state index contributed by atoms with van der Waals surface area (Å²) in [5.74, 6) is 0.398. The van der Waals surface area contributed by atoms with Gasteiger partial charge in [-0.1, -0.05) is 15.9 Å². The lowest BCUT2D eigenvalue weighted by Crippen LogP contribution is -2.31. The molecule has 0 amide bonds. The number of hydrogen-bond donors (Lipinski definition) is 1. The van der Waals surface area contributed by atoms with Gasteiger partial charge in [-0.2, -0.15) is 0 Å². The van der Waals surface area contributed by atoms with Crippen LogP contribution in [-0.2, 0) is 4.74 Å². The van der Waals surface area contributed by atoms with Crippen molar-refractivity contribution in [1.82, 2.24) is 5.32 Å². The summed E-state index contributed by atoms with van der Waals surface area (Å²) in [4.78, 5) is 0. The molecule has 0 bridgehead atoms. The summed E-state index contributed by atoms with van der Waals surface area (Å²) >= 11 is 3.38. The molecule has 1 aliphatic rings. The van der Waals surface area contributed by atoms with Crippen LogP contribution >= 0.6 is 15.9 Å². The Labute approximate surface area is 116 Å². The zero-order valence-corrected chi connectivity index (χ0v) is 12.2. The molecule has 100 valence electrons. The molecular weight excluding hydrogens is 297 g/mol. The van der Waals surface area contributed by atoms with Gasteiger partial charge in [-0.05, 0) is 43.9 Å². The minimum Gasteiger partial charge on any atom is -0.381 e. The third kappa shape index (κ3) is 3.77. The van der Waals surface area contributed by atoms with Gasteiger partial charge in [0, 0.05) is 29.2 Å². The van der Waals surface area contributed by atoms with E-state index in [1.807, 2.05) is 13.0 Å². The van der Waals surface area contributed by atoms with Gasteiger partial charge in [-0.25, -0.2) is 4.39 Å². The van der Waals surface area contributed by atoms with E-state index in [2.05, 4.69) is 21.2 Å². The first-order chi connectivity index (χ1) is 8.66. The van der Waals surface area contributed by atoms with Gasteiger partial charge in [0.15, 0.2) is 0 Å². The second-order valence-corrected chi connectivity index (χ2v) is 5.79. The van der Waals surface area contributed by atoms with Crippen molar-refractivity contribution >= 4 is 15.9 Å². The molecule has 4 heteroatoms. The van der Waals surface area contributed by atoms with E-state index in [4.69, 9.17) is 4.74 Å². The smallest absolute Gasteiger partial charge is 0.128 e. The third-order valence-corrected chi connectivity index (χ3v) is 3.89. The summed E-state index contributed by atoms with van der Waals surface area (Å²) in [6.45, 7) is 4.58. The number of halogens is 2. The van der Waals surface area contributed by atoms with Gasteiger partial charge in [-0.3, -0.25) is 0 Å². The Kier molecular flexibility index (Phi) is 5.15. The van der Waals surface area contributed by atoms with Crippen LogP contribution in [0.2, 0.25) is 0 Å². The van der Waals surface area contributed by atoms with Crippen LogP contribution in [0, 0.1) is 11.7 Å². The fourth-order valence-corrected chi connectivity index (χ4v) is 2.65. The van der Waals surface area contributed by atoms with E-state index in [1.165, 1.54) is 12.5 Å². The number of nitrogens with one attached hydrogen (secondary N) is 1. The minimum atomic E-state index is -0.155. The van der Waals surface area contributed by atoms with E-state index >= 15 is 0 Å². The first-order valence-corrected chi connectivity index (χ1v) is 7.22. The highest BCUT2D eigenvalue weighted by Gasteiger charge is 2.16. The maximum Gasteiger partial charge on any atom is 0.128 e. The number of rotatable bonds is 4. The second-order valence-electron chi connectivity index (χ2n) is 4.88. The van der Waals surface area contributed by atoms with Crippen LogP contribution in [0.1, 0.15) is 31.4 Å². The molecule has 0 spiro atoms. The molecule has 1 fully saturated rings. The SMILES string of the molecule is CC(NCC1CCCOC1)c1cc(Br)ccc1F. The van der Waals surface area contributed by atoms with E-state index in [1.54, 1.807) is 6.07 Å². The highest BCUT2D eigenvalue weighted by molar-refractivity contribution is 9.10. The lowest BCUT2D eigenvalue weighted by atomic mass is 10.0. The van der Waals surface area contributed by atoms with Crippen molar-refractivity contribution in [2.45, 2.75) is 25.8 Å². The van der Waals surface area contributed by atoms with Crippen molar-refractivity contribution < 1.29 is 9.13 Å². The average Bonchev–Trinajstić information content (AvgIpc) is 2.40. The van der Waals surface area contributed by atoms with Crippen molar-refractivity contribution in [3.63, 3.8) is 0 Å². The first kappa shape index (κ1) is 14.0. The summed E-state index contributed by atoms with van der Waals surface area (Å²) in [6.07, 6.45) is 2.33. The average molecular weight is 316 g/mol. The van der Waals surface area contributed by atoms with Gasteiger partial charge in [0.2, 0.25) is 0 Å². The van der Waals surface area contributed by atoms with Crippen LogP contribution < -0.4 is 5.32 Å². The van der Waals surface area contributed by atoms with Crippen LogP contribution in [0.5, 0.6) is 0 Å². The Balaban J connectivity index is 1.90. The molecule has 0 aromatic heterocycles. The standard InChI is InChI=1S/C14H19BrFNO/c1-10(13-7-12(15)4-5-14(13)16)17-8-11-3-2-6-18-9-11/h4-5,7,10-11,17H,2-3,6,8-9H2,1H3. The largest absolute Gasteiger partial charge is 0.381 e. The molecular formula is C14H19BrFNO. The van der Waals surface area contributed by atoms with Crippen molar-refractivity contribution in [2.24, 2.45) is 5.92 Å². The van der Waals surface area contributed by atoms with Crippen LogP contribution in [0.15, 0.2) is 22.7 Å². The summed E-state index contributed by atoms with van der Waals surface area (Å²) in [5.41, 5.74) is 0.709. The van der Waals surface area contributed by atoms with Crippen LogP contribution in [0.25, 0.3) is 0 Å². The van der Waals surface area contributed by atoms with Crippen LogP contribution in [-0.4, -0.2) is 19.8 Å². The lowest BCUT2D eigenvalue weighted by Gasteiger charge is -2.24. The molecule has 18 heavy (non-hydrogen) atoms. The summed E-state index contributed by atoms with van der Waals surface area (Å²) in [5, 5.41) is 3.40. The number of ether oxygens (including phenoxy) is 1. The van der Waals surface area contributed by atoms with Crippen molar-refractivity contribution in [3.05, 3.63) is 34.1 Å². The van der Waals surface area contributed by atoms with Crippen molar-refractivity contribution in [1.29, 1.82) is 0 Å². The highest BCUT2D eigenvalue weighted by atomic mass is 79.9. The summed E-state index contributed by atoms with van der Waals surface area (Å²) < 4.78 is 20.1. The van der Waals surface area contributed by atoms with Crippen molar-refractivity contribution in [3.8, 4) is 0 Å². The molecule has 1 heterocycles. The number of benzene rings is 1. The molecule has 0 radical (unpaired) electrons. The zero-order valence-electron chi connectivity index (χ0n) is 10.6. The fraction of sp³-hybridized carbons (Fsp3) is 0.571. The van der Waals surface area contributed by atoms with Gasteiger partial charge in [0.05, 0.1) is 6.61 Å². The van der Waals surface area contributed by atoms with E-state index in [-0.39, 0.29) is 11.9 Å². The molecule has 1 aromatic carbocycles. The molecule has 1 aliphatic heterocycles. The van der Waals surface area contributed by atoms with E-state index in [9.17, 15) is 4.39 Å². The maximum atomic E-state index is 13.7. The Morgan fingerprint density at radius 2 is 2.39 bits per heavy atom. The van der Waals surface area contributed by atoms with Gasteiger partial charge in [-0.15, -0.1) is 0 Å². The Hall–Kier alpha value is -0.450. The van der Waals surface area contributed by atoms with Gasteiger partial charge < -0.3 is 10.1 Å². The number of hydrogen-bond acceptors (Lipinski definition) is 2. The fourth-order valence-electron chi connectivity index (χ4n) is 2.27. The predicted octanol–water partition coefficient (Wildman–Crippen LogP) is 3.67. The molecule has 0 aliphatic carbocycles. The van der Waals surface area contributed by atoms with Gasteiger partial charge in [0.1, 0.15) is 5.82 Å². The van der Waals surface area contributed by atoms with E-state index < -0.39 is 0 Å². The molecule has 2 atom stereocenters.